The van der Waals surface area contributed by atoms with Gasteiger partial charge >= 0.3 is 0 Å². The maximum atomic E-state index is 12.2. The zero-order chi connectivity index (χ0) is 18.5. The molecule has 1 saturated heterocycles. The van der Waals surface area contributed by atoms with Crippen LogP contribution in [-0.2, 0) is 11.2 Å². The quantitative estimate of drug-likeness (QED) is 0.651. The minimum absolute atomic E-state index is 0.0249. The lowest BCUT2D eigenvalue weighted by Crippen LogP contribution is -2.32. The Labute approximate surface area is 153 Å². The molecule has 1 aliphatic heterocycles. The number of nitrogens with one attached hydrogen (secondary N) is 1. The fourth-order valence-corrected chi connectivity index (χ4v) is 3.24. The van der Waals surface area contributed by atoms with Crippen LogP contribution in [0.1, 0.15) is 25.3 Å². The molecule has 0 saturated carbocycles. The van der Waals surface area contributed by atoms with Crippen LogP contribution in [0.2, 0.25) is 0 Å². The molecular weight excluding hydrogens is 330 g/mol. The number of nitro groups is 1. The molecule has 0 radical (unpaired) electrons. The van der Waals surface area contributed by atoms with Gasteiger partial charge in [-0.25, -0.2) is 0 Å². The molecule has 6 nitrogen and oxygen atoms in total. The van der Waals surface area contributed by atoms with Crippen LogP contribution in [0.25, 0.3) is 0 Å². The number of hydrogen-bond donors (Lipinski definition) is 1. The Balaban J connectivity index is 1.61. The lowest BCUT2D eigenvalue weighted by atomic mass is 9.99. The van der Waals surface area contributed by atoms with Gasteiger partial charge in [-0.3, -0.25) is 14.9 Å². The van der Waals surface area contributed by atoms with Crippen molar-refractivity contribution in [2.45, 2.75) is 26.2 Å². The summed E-state index contributed by atoms with van der Waals surface area (Å²) in [4.78, 5) is 25.2. The topological polar surface area (TPSA) is 75.5 Å². The molecule has 0 unspecified atom stereocenters. The third-order valence-corrected chi connectivity index (χ3v) is 4.84. The number of hydrogen-bond acceptors (Lipinski definition) is 4. The first-order chi connectivity index (χ1) is 12.5. The average Bonchev–Trinajstić information content (AvgIpc) is 2.63. The van der Waals surface area contributed by atoms with E-state index < -0.39 is 4.92 Å². The predicted octanol–water partition coefficient (Wildman–Crippen LogP) is 4.01. The van der Waals surface area contributed by atoms with Crippen molar-refractivity contribution in [2.24, 2.45) is 5.92 Å². The van der Waals surface area contributed by atoms with Crippen LogP contribution in [0.3, 0.4) is 0 Å². The molecule has 2 aromatic carbocycles. The lowest BCUT2D eigenvalue weighted by Gasteiger charge is -2.32. The Bertz CT molecular complexity index is 781. The molecule has 1 aliphatic rings. The Hall–Kier alpha value is -2.89. The highest BCUT2D eigenvalue weighted by Crippen LogP contribution is 2.24. The standard InChI is InChI=1S/C20H23N3O3/c1-15-10-12-22(13-11-15)18-8-6-17(7-9-18)21-20(24)14-16-4-2-3-5-19(16)23(25)26/h2-9,15H,10-14H2,1H3,(H,21,24). The number of carbonyl (C=O) groups excluding carboxylic acids is 1. The summed E-state index contributed by atoms with van der Waals surface area (Å²) in [6, 6.07) is 14.1. The maximum absolute atomic E-state index is 12.2. The number of benzene rings is 2. The molecule has 0 aliphatic carbocycles. The molecule has 1 heterocycles. The van der Waals surface area contributed by atoms with E-state index in [4.69, 9.17) is 0 Å². The molecule has 1 N–H and O–H groups in total. The van der Waals surface area contributed by atoms with Gasteiger partial charge in [-0.2, -0.15) is 0 Å². The van der Waals surface area contributed by atoms with Gasteiger partial charge in [0.2, 0.25) is 5.91 Å². The van der Waals surface area contributed by atoms with Crippen LogP contribution in [0.4, 0.5) is 17.1 Å². The minimum Gasteiger partial charge on any atom is -0.372 e. The highest BCUT2D eigenvalue weighted by Gasteiger charge is 2.17. The van der Waals surface area contributed by atoms with Crippen molar-refractivity contribution in [2.75, 3.05) is 23.3 Å². The number of nitro benzene ring substituents is 1. The summed E-state index contributed by atoms with van der Waals surface area (Å²) < 4.78 is 0. The number of rotatable bonds is 5. The van der Waals surface area contributed by atoms with E-state index in [2.05, 4.69) is 17.1 Å². The van der Waals surface area contributed by atoms with Gasteiger partial charge in [0.1, 0.15) is 0 Å². The second-order valence-electron chi connectivity index (χ2n) is 6.83. The van der Waals surface area contributed by atoms with E-state index in [0.29, 0.717) is 11.3 Å². The summed E-state index contributed by atoms with van der Waals surface area (Å²) >= 11 is 0. The summed E-state index contributed by atoms with van der Waals surface area (Å²) in [6.07, 6.45) is 2.38. The van der Waals surface area contributed by atoms with Crippen molar-refractivity contribution in [1.29, 1.82) is 0 Å². The zero-order valence-electron chi connectivity index (χ0n) is 14.9. The van der Waals surface area contributed by atoms with Crippen LogP contribution in [0, 0.1) is 16.0 Å². The number of nitrogens with zero attached hydrogens (tertiary/aromatic N) is 2. The molecule has 2 aromatic rings. The molecule has 3 rings (SSSR count). The Morgan fingerprint density at radius 3 is 2.46 bits per heavy atom. The largest absolute Gasteiger partial charge is 0.372 e. The number of anilines is 2. The lowest BCUT2D eigenvalue weighted by molar-refractivity contribution is -0.385. The number of amides is 1. The van der Waals surface area contributed by atoms with Crippen LogP contribution in [0.15, 0.2) is 48.5 Å². The molecule has 1 fully saturated rings. The third kappa shape index (κ3) is 4.39. The van der Waals surface area contributed by atoms with Gasteiger partial charge in [-0.15, -0.1) is 0 Å². The van der Waals surface area contributed by atoms with Gasteiger partial charge < -0.3 is 10.2 Å². The van der Waals surface area contributed by atoms with Crippen molar-refractivity contribution in [3.63, 3.8) is 0 Å². The zero-order valence-corrected chi connectivity index (χ0v) is 14.9. The van der Waals surface area contributed by atoms with Gasteiger partial charge in [0.25, 0.3) is 5.69 Å². The second-order valence-corrected chi connectivity index (χ2v) is 6.83. The van der Waals surface area contributed by atoms with E-state index in [-0.39, 0.29) is 18.0 Å². The van der Waals surface area contributed by atoms with E-state index in [9.17, 15) is 14.9 Å². The second kappa shape index (κ2) is 7.99. The molecule has 0 aromatic heterocycles. The molecular formula is C20H23N3O3. The number of piperidine rings is 1. The summed E-state index contributed by atoms with van der Waals surface area (Å²) in [5.74, 6) is 0.519. The van der Waals surface area contributed by atoms with Crippen LogP contribution >= 0.6 is 0 Å². The first-order valence-electron chi connectivity index (χ1n) is 8.90. The Morgan fingerprint density at radius 1 is 1.15 bits per heavy atom. The predicted molar refractivity (Wildman–Crippen MR) is 102 cm³/mol. The van der Waals surface area contributed by atoms with E-state index in [0.717, 1.165) is 24.7 Å². The fraction of sp³-hybridized carbons (Fsp3) is 0.350. The highest BCUT2D eigenvalue weighted by atomic mass is 16.6. The van der Waals surface area contributed by atoms with Crippen molar-refractivity contribution in [3.05, 3.63) is 64.2 Å². The summed E-state index contributed by atoms with van der Waals surface area (Å²) in [5, 5.41) is 13.9. The Kier molecular flexibility index (Phi) is 5.51. The molecule has 26 heavy (non-hydrogen) atoms. The van der Waals surface area contributed by atoms with E-state index in [1.54, 1.807) is 18.2 Å². The van der Waals surface area contributed by atoms with Gasteiger partial charge in [-0.05, 0) is 43.0 Å². The molecule has 0 atom stereocenters. The van der Waals surface area contributed by atoms with Gasteiger partial charge in [-0.1, -0.05) is 25.1 Å². The SMILES string of the molecule is CC1CCN(c2ccc(NC(=O)Cc3ccccc3[N+](=O)[O-])cc2)CC1. The van der Waals surface area contributed by atoms with Crippen LogP contribution < -0.4 is 10.2 Å². The third-order valence-electron chi connectivity index (χ3n) is 4.84. The number of para-hydroxylation sites is 1. The molecule has 0 spiro atoms. The highest BCUT2D eigenvalue weighted by molar-refractivity contribution is 5.93. The molecule has 6 heteroatoms. The number of carbonyl (C=O) groups is 1. The summed E-state index contributed by atoms with van der Waals surface area (Å²) in [6.45, 7) is 4.40. The van der Waals surface area contributed by atoms with Gasteiger partial charge in [0.05, 0.1) is 11.3 Å². The van der Waals surface area contributed by atoms with Crippen molar-refractivity contribution in [3.8, 4) is 0 Å². The van der Waals surface area contributed by atoms with Crippen molar-refractivity contribution >= 4 is 23.0 Å². The monoisotopic (exact) mass is 353 g/mol. The normalized spacial score (nSPS) is 14.9. The van der Waals surface area contributed by atoms with Crippen molar-refractivity contribution < 1.29 is 9.72 Å². The van der Waals surface area contributed by atoms with Crippen molar-refractivity contribution in [1.82, 2.24) is 0 Å². The maximum Gasteiger partial charge on any atom is 0.273 e. The minimum atomic E-state index is -0.461. The van der Waals surface area contributed by atoms with E-state index in [1.807, 2.05) is 24.3 Å². The van der Waals surface area contributed by atoms with E-state index >= 15 is 0 Å². The van der Waals surface area contributed by atoms with Crippen LogP contribution in [-0.4, -0.2) is 23.9 Å². The van der Waals surface area contributed by atoms with Gasteiger partial charge in [0, 0.05) is 36.1 Å². The fourth-order valence-electron chi connectivity index (χ4n) is 3.24. The van der Waals surface area contributed by atoms with Gasteiger partial charge in [0.15, 0.2) is 0 Å². The molecule has 136 valence electrons. The summed E-state index contributed by atoms with van der Waals surface area (Å²) in [7, 11) is 0. The van der Waals surface area contributed by atoms with E-state index in [1.165, 1.54) is 18.9 Å². The molecule has 0 bridgehead atoms. The Morgan fingerprint density at radius 2 is 1.81 bits per heavy atom. The molecule has 1 amide bonds. The summed E-state index contributed by atoms with van der Waals surface area (Å²) in [5.41, 5.74) is 2.24. The first kappa shape index (κ1) is 17.9. The smallest absolute Gasteiger partial charge is 0.273 e. The van der Waals surface area contributed by atoms with Crippen LogP contribution in [0.5, 0.6) is 0 Å². The first-order valence-corrected chi connectivity index (χ1v) is 8.90. The average molecular weight is 353 g/mol.